The van der Waals surface area contributed by atoms with Crippen molar-refractivity contribution in [3.05, 3.63) is 34.9 Å². The number of benzene rings is 1. The predicted molar refractivity (Wildman–Crippen MR) is 95.6 cm³/mol. The third kappa shape index (κ3) is 4.92. The molecule has 1 aliphatic heterocycles. The van der Waals surface area contributed by atoms with Crippen molar-refractivity contribution in [2.75, 3.05) is 24.6 Å². The van der Waals surface area contributed by atoms with Gasteiger partial charge >= 0.3 is 0 Å². The first kappa shape index (κ1) is 17.2. The van der Waals surface area contributed by atoms with E-state index in [2.05, 4.69) is 54.6 Å². The summed E-state index contributed by atoms with van der Waals surface area (Å²) in [6.45, 7) is 8.29. The maximum absolute atomic E-state index is 10.4. The number of guanidine groups is 1. The van der Waals surface area contributed by atoms with Crippen LogP contribution in [0.2, 0.25) is 0 Å². The normalized spacial score (nSPS) is 21.9. The second-order valence-electron chi connectivity index (χ2n) is 6.01. The second kappa shape index (κ2) is 7.88. The lowest BCUT2D eigenvalue weighted by atomic mass is 10.0. The van der Waals surface area contributed by atoms with E-state index in [1.807, 2.05) is 11.8 Å². The monoisotopic (exact) mass is 321 g/mol. The van der Waals surface area contributed by atoms with Crippen molar-refractivity contribution in [3.63, 3.8) is 0 Å². The van der Waals surface area contributed by atoms with Crippen molar-refractivity contribution in [3.8, 4) is 0 Å². The zero-order chi connectivity index (χ0) is 16.0. The van der Waals surface area contributed by atoms with E-state index in [0.29, 0.717) is 13.1 Å². The minimum Gasteiger partial charge on any atom is -0.387 e. The van der Waals surface area contributed by atoms with Crippen LogP contribution in [-0.2, 0) is 6.54 Å². The maximum Gasteiger partial charge on any atom is 0.191 e. The number of nitrogens with zero attached hydrogens (tertiary/aromatic N) is 1. The molecule has 0 aromatic heterocycles. The van der Waals surface area contributed by atoms with E-state index in [9.17, 15) is 5.11 Å². The van der Waals surface area contributed by atoms with Gasteiger partial charge in [0.15, 0.2) is 5.96 Å². The van der Waals surface area contributed by atoms with Gasteiger partial charge < -0.3 is 15.7 Å². The minimum absolute atomic E-state index is 0.554. The van der Waals surface area contributed by atoms with Crippen LogP contribution < -0.4 is 10.6 Å². The van der Waals surface area contributed by atoms with E-state index in [0.717, 1.165) is 30.4 Å². The Morgan fingerprint density at radius 1 is 1.36 bits per heavy atom. The van der Waals surface area contributed by atoms with Gasteiger partial charge in [0.1, 0.15) is 0 Å². The molecule has 1 aromatic carbocycles. The lowest BCUT2D eigenvalue weighted by Crippen LogP contribution is -2.47. The molecule has 1 saturated heterocycles. The first-order valence-corrected chi connectivity index (χ1v) is 9.06. The molecule has 4 nitrogen and oxygen atoms in total. The van der Waals surface area contributed by atoms with E-state index in [1.165, 1.54) is 16.7 Å². The summed E-state index contributed by atoms with van der Waals surface area (Å²) in [7, 11) is 0. The molecule has 1 heterocycles. The number of thioether (sulfide) groups is 1. The Kier molecular flexibility index (Phi) is 6.15. The Morgan fingerprint density at radius 2 is 2.18 bits per heavy atom. The molecule has 5 heteroatoms. The van der Waals surface area contributed by atoms with Gasteiger partial charge in [0.05, 0.1) is 12.1 Å². The summed E-state index contributed by atoms with van der Waals surface area (Å²) in [5, 5.41) is 16.9. The molecular weight excluding hydrogens is 294 g/mol. The van der Waals surface area contributed by atoms with Crippen molar-refractivity contribution >= 4 is 17.7 Å². The third-order valence-corrected chi connectivity index (χ3v) is 5.15. The molecule has 2 rings (SSSR count). The SMILES string of the molecule is CCNC(=NCc1ccc(C)cc1C)NCC1(O)CCSC1. The van der Waals surface area contributed by atoms with Gasteiger partial charge in [0.25, 0.3) is 0 Å². The first-order chi connectivity index (χ1) is 10.5. The van der Waals surface area contributed by atoms with E-state index >= 15 is 0 Å². The number of aliphatic hydroxyl groups is 1. The summed E-state index contributed by atoms with van der Waals surface area (Å²) in [4.78, 5) is 4.64. The van der Waals surface area contributed by atoms with Crippen molar-refractivity contribution in [2.45, 2.75) is 39.3 Å². The predicted octanol–water partition coefficient (Wildman–Crippen LogP) is 2.23. The van der Waals surface area contributed by atoms with E-state index in [1.54, 1.807) is 0 Å². The zero-order valence-corrected chi connectivity index (χ0v) is 14.6. The Morgan fingerprint density at radius 3 is 2.82 bits per heavy atom. The quantitative estimate of drug-likeness (QED) is 0.575. The van der Waals surface area contributed by atoms with Gasteiger partial charge in [0.2, 0.25) is 0 Å². The van der Waals surface area contributed by atoms with Crippen molar-refractivity contribution in [1.82, 2.24) is 10.6 Å². The number of hydrogen-bond donors (Lipinski definition) is 3. The van der Waals surface area contributed by atoms with Crippen LogP contribution in [0, 0.1) is 13.8 Å². The summed E-state index contributed by atoms with van der Waals surface area (Å²) in [6.07, 6.45) is 0.848. The number of aryl methyl sites for hydroxylation is 2. The molecule has 1 fully saturated rings. The van der Waals surface area contributed by atoms with Gasteiger partial charge in [0, 0.05) is 18.8 Å². The highest BCUT2D eigenvalue weighted by Gasteiger charge is 2.31. The van der Waals surface area contributed by atoms with Gasteiger partial charge in [-0.25, -0.2) is 4.99 Å². The van der Waals surface area contributed by atoms with E-state index < -0.39 is 5.60 Å². The Bertz CT molecular complexity index is 525. The topological polar surface area (TPSA) is 56.7 Å². The fourth-order valence-electron chi connectivity index (χ4n) is 2.51. The molecule has 22 heavy (non-hydrogen) atoms. The molecule has 0 bridgehead atoms. The Hall–Kier alpha value is -1.20. The van der Waals surface area contributed by atoms with Crippen molar-refractivity contribution in [1.29, 1.82) is 0 Å². The fourth-order valence-corrected chi connectivity index (χ4v) is 3.81. The minimum atomic E-state index is -0.597. The zero-order valence-electron chi connectivity index (χ0n) is 13.8. The lowest BCUT2D eigenvalue weighted by molar-refractivity contribution is 0.0724. The van der Waals surface area contributed by atoms with E-state index in [4.69, 9.17) is 0 Å². The summed E-state index contributed by atoms with van der Waals surface area (Å²) in [6, 6.07) is 6.44. The number of rotatable bonds is 5. The fraction of sp³-hybridized carbons (Fsp3) is 0.588. The Labute approximate surface area is 137 Å². The second-order valence-corrected chi connectivity index (χ2v) is 7.11. The highest BCUT2D eigenvalue weighted by Crippen LogP contribution is 2.26. The van der Waals surface area contributed by atoms with Crippen LogP contribution >= 0.6 is 11.8 Å². The number of nitrogens with one attached hydrogen (secondary N) is 2. The number of aliphatic imine (C=N–C) groups is 1. The summed E-state index contributed by atoms with van der Waals surface area (Å²) >= 11 is 1.81. The van der Waals surface area contributed by atoms with Crippen LogP contribution in [0.5, 0.6) is 0 Å². The molecule has 1 aliphatic rings. The molecule has 1 aromatic rings. The molecule has 0 saturated carbocycles. The molecule has 0 radical (unpaired) electrons. The Balaban J connectivity index is 1.97. The third-order valence-electron chi connectivity index (χ3n) is 3.92. The average Bonchev–Trinajstić information content (AvgIpc) is 2.91. The largest absolute Gasteiger partial charge is 0.387 e. The van der Waals surface area contributed by atoms with Crippen LogP contribution in [0.3, 0.4) is 0 Å². The van der Waals surface area contributed by atoms with Gasteiger partial charge in [-0.1, -0.05) is 23.8 Å². The summed E-state index contributed by atoms with van der Waals surface area (Å²) < 4.78 is 0. The number of hydrogen-bond acceptors (Lipinski definition) is 3. The highest BCUT2D eigenvalue weighted by molar-refractivity contribution is 7.99. The van der Waals surface area contributed by atoms with Crippen molar-refractivity contribution in [2.24, 2.45) is 4.99 Å². The highest BCUT2D eigenvalue weighted by atomic mass is 32.2. The van der Waals surface area contributed by atoms with Crippen LogP contribution in [0.1, 0.15) is 30.0 Å². The molecule has 1 atom stereocenters. The molecule has 0 spiro atoms. The molecule has 0 amide bonds. The van der Waals surface area contributed by atoms with Crippen LogP contribution in [0.15, 0.2) is 23.2 Å². The van der Waals surface area contributed by atoms with Gasteiger partial charge in [-0.2, -0.15) is 11.8 Å². The van der Waals surface area contributed by atoms with E-state index in [-0.39, 0.29) is 0 Å². The van der Waals surface area contributed by atoms with Gasteiger partial charge in [-0.15, -0.1) is 0 Å². The smallest absolute Gasteiger partial charge is 0.191 e. The van der Waals surface area contributed by atoms with Gasteiger partial charge in [-0.3, -0.25) is 0 Å². The lowest BCUT2D eigenvalue weighted by Gasteiger charge is -2.23. The summed E-state index contributed by atoms with van der Waals surface area (Å²) in [5.74, 6) is 2.61. The standard InChI is InChI=1S/C17H27N3OS/c1-4-18-16(20-11-17(21)7-8-22-12-17)19-10-15-6-5-13(2)9-14(15)3/h5-6,9,21H,4,7-8,10-12H2,1-3H3,(H2,18,19,20). The summed E-state index contributed by atoms with van der Waals surface area (Å²) in [5.41, 5.74) is 3.18. The average molecular weight is 321 g/mol. The van der Waals surface area contributed by atoms with Crippen molar-refractivity contribution < 1.29 is 5.11 Å². The molecule has 0 aliphatic carbocycles. The molecular formula is C17H27N3OS. The van der Waals surface area contributed by atoms with Crippen LogP contribution in [-0.4, -0.2) is 41.3 Å². The molecule has 1 unspecified atom stereocenters. The first-order valence-electron chi connectivity index (χ1n) is 7.91. The molecule has 122 valence electrons. The maximum atomic E-state index is 10.4. The van der Waals surface area contributed by atoms with Gasteiger partial charge in [-0.05, 0) is 44.1 Å². The van der Waals surface area contributed by atoms with Crippen LogP contribution in [0.4, 0.5) is 0 Å². The van der Waals surface area contributed by atoms with Crippen LogP contribution in [0.25, 0.3) is 0 Å². The molecule has 3 N–H and O–H groups in total.